The Bertz CT molecular complexity index is 1170. The molecule has 1 unspecified atom stereocenters. The Labute approximate surface area is 184 Å². The van der Waals surface area contributed by atoms with E-state index in [1.807, 2.05) is 0 Å². The number of hydrogen-bond acceptors (Lipinski definition) is 5. The first-order valence-electron chi connectivity index (χ1n) is 9.85. The highest BCUT2D eigenvalue weighted by molar-refractivity contribution is 5.96. The number of nitrogens with zero attached hydrogens (tertiary/aromatic N) is 1. The normalized spacial score (nSPS) is 12.3. The predicted octanol–water partition coefficient (Wildman–Crippen LogP) is 5.35. The van der Waals surface area contributed by atoms with Gasteiger partial charge in [-0.15, -0.1) is 0 Å². The Morgan fingerprint density at radius 2 is 1.50 bits per heavy atom. The van der Waals surface area contributed by atoms with Crippen molar-refractivity contribution >= 4 is 35.7 Å². The van der Waals surface area contributed by atoms with Gasteiger partial charge in [0.15, 0.2) is 5.78 Å². The molecule has 2 N–H and O–H groups in total. The van der Waals surface area contributed by atoms with E-state index in [9.17, 15) is 14.4 Å². The van der Waals surface area contributed by atoms with Gasteiger partial charge in [-0.25, -0.2) is 9.59 Å². The third-order valence-corrected chi connectivity index (χ3v) is 4.75. The second-order valence-corrected chi connectivity index (χ2v) is 7.12. The predicted molar refractivity (Wildman–Crippen MR) is 120 cm³/mol. The maximum absolute atomic E-state index is 12.3. The van der Waals surface area contributed by atoms with Crippen LogP contribution in [-0.2, 0) is 4.79 Å². The van der Waals surface area contributed by atoms with Crippen LogP contribution >= 0.6 is 0 Å². The average Bonchev–Trinajstić information content (AvgIpc) is 3.27. The highest BCUT2D eigenvalue weighted by Crippen LogP contribution is 2.23. The van der Waals surface area contributed by atoms with Crippen molar-refractivity contribution < 1.29 is 29.0 Å². The highest BCUT2D eigenvalue weighted by Gasteiger charge is 2.10. The van der Waals surface area contributed by atoms with Crippen LogP contribution in [0.5, 0.6) is 0 Å². The number of carboxylic acid groups (broad SMARTS) is 2. The van der Waals surface area contributed by atoms with Crippen LogP contribution < -0.4 is 0 Å². The van der Waals surface area contributed by atoms with Gasteiger partial charge in [-0.2, -0.15) is 0 Å². The fraction of sp³-hybridized carbons (Fsp3) is 0.120. The Hall–Kier alpha value is -4.26. The summed E-state index contributed by atoms with van der Waals surface area (Å²) in [5.41, 5.74) is 1.74. The van der Waals surface area contributed by atoms with Gasteiger partial charge in [-0.1, -0.05) is 19.1 Å². The molecule has 0 amide bonds. The summed E-state index contributed by atoms with van der Waals surface area (Å²) in [5, 5.41) is 17.9. The number of aromatic carboxylic acids is 2. The second kappa shape index (κ2) is 10.2. The minimum atomic E-state index is -0.994. The van der Waals surface area contributed by atoms with Crippen LogP contribution in [0.3, 0.4) is 0 Å². The maximum atomic E-state index is 12.3. The van der Waals surface area contributed by atoms with E-state index in [1.165, 1.54) is 30.3 Å². The number of carbonyl (C=O) groups excluding carboxylic acids is 1. The summed E-state index contributed by atoms with van der Waals surface area (Å²) < 4.78 is 5.71. The van der Waals surface area contributed by atoms with E-state index in [2.05, 4.69) is 4.99 Å². The van der Waals surface area contributed by atoms with Crippen molar-refractivity contribution in [3.8, 4) is 11.3 Å². The van der Waals surface area contributed by atoms with Gasteiger partial charge in [-0.3, -0.25) is 9.79 Å². The number of aliphatic imine (C=N–C) groups is 1. The van der Waals surface area contributed by atoms with Crippen molar-refractivity contribution in [1.82, 2.24) is 0 Å². The zero-order chi connectivity index (χ0) is 23.1. The molecule has 1 atom stereocenters. The maximum Gasteiger partial charge on any atom is 0.335 e. The van der Waals surface area contributed by atoms with Gasteiger partial charge in [-0.05, 0) is 67.1 Å². The van der Waals surface area contributed by atoms with Crippen LogP contribution in [0.2, 0.25) is 0 Å². The summed E-state index contributed by atoms with van der Waals surface area (Å²) in [5.74, 6) is -1.27. The van der Waals surface area contributed by atoms with Crippen LogP contribution in [0.4, 0.5) is 5.69 Å². The standard InChI is InChI=1S/C25H21NO6/c1-16(14-15-26-20-8-6-19(7-9-20)25(30)31)22(27)12-10-21-11-13-23(32-21)17-2-4-18(5-3-17)24(28)29/h2-13,15-16H,14H2,1H3,(H,28,29)(H,30,31). The molecule has 2 aromatic carbocycles. The lowest BCUT2D eigenvalue weighted by molar-refractivity contribution is -0.117. The van der Waals surface area contributed by atoms with Crippen molar-refractivity contribution in [2.45, 2.75) is 13.3 Å². The number of furan rings is 1. The molecule has 162 valence electrons. The van der Waals surface area contributed by atoms with Gasteiger partial charge in [0.1, 0.15) is 11.5 Å². The van der Waals surface area contributed by atoms with E-state index in [1.54, 1.807) is 55.6 Å². The fourth-order valence-electron chi connectivity index (χ4n) is 2.83. The van der Waals surface area contributed by atoms with Crippen molar-refractivity contribution in [3.05, 3.63) is 83.6 Å². The molecule has 1 aromatic heterocycles. The minimum absolute atomic E-state index is 0.0820. The van der Waals surface area contributed by atoms with E-state index >= 15 is 0 Å². The first-order valence-corrected chi connectivity index (χ1v) is 9.85. The number of benzene rings is 2. The molecule has 3 rings (SSSR count). The highest BCUT2D eigenvalue weighted by atomic mass is 16.4. The molecule has 1 heterocycles. The third-order valence-electron chi connectivity index (χ3n) is 4.75. The monoisotopic (exact) mass is 431 g/mol. The molecule has 0 aliphatic rings. The number of carboxylic acids is 2. The van der Waals surface area contributed by atoms with Gasteiger partial charge < -0.3 is 14.6 Å². The summed E-state index contributed by atoms with van der Waals surface area (Å²) in [4.78, 5) is 38.4. The summed E-state index contributed by atoms with van der Waals surface area (Å²) in [6.45, 7) is 1.80. The largest absolute Gasteiger partial charge is 0.478 e. The lowest BCUT2D eigenvalue weighted by Crippen LogP contribution is -2.07. The van der Waals surface area contributed by atoms with E-state index in [0.717, 1.165) is 5.56 Å². The zero-order valence-electron chi connectivity index (χ0n) is 17.3. The van der Waals surface area contributed by atoms with Crippen molar-refractivity contribution in [3.63, 3.8) is 0 Å². The molecule has 0 radical (unpaired) electrons. The average molecular weight is 431 g/mol. The minimum Gasteiger partial charge on any atom is -0.478 e. The van der Waals surface area contributed by atoms with Gasteiger partial charge in [0.25, 0.3) is 0 Å². The van der Waals surface area contributed by atoms with Gasteiger partial charge in [0, 0.05) is 17.7 Å². The SMILES string of the molecule is CC(CC=Nc1ccc(C(=O)O)cc1)C(=O)C=Cc1ccc(-c2ccc(C(=O)O)cc2)o1. The van der Waals surface area contributed by atoms with Crippen LogP contribution in [0, 0.1) is 5.92 Å². The topological polar surface area (TPSA) is 117 Å². The number of ketones is 1. The number of rotatable bonds is 9. The van der Waals surface area contributed by atoms with Crippen LogP contribution in [0.1, 0.15) is 39.8 Å². The quantitative estimate of drug-likeness (QED) is 0.348. The summed E-state index contributed by atoms with van der Waals surface area (Å²) in [6, 6.07) is 16.0. The molecule has 32 heavy (non-hydrogen) atoms. The van der Waals surface area contributed by atoms with Gasteiger partial charge >= 0.3 is 11.9 Å². The number of carbonyl (C=O) groups is 3. The molecule has 7 heteroatoms. The van der Waals surface area contributed by atoms with Crippen LogP contribution in [0.25, 0.3) is 17.4 Å². The molecule has 0 fully saturated rings. The zero-order valence-corrected chi connectivity index (χ0v) is 17.3. The van der Waals surface area contributed by atoms with E-state index in [0.29, 0.717) is 23.6 Å². The molecular formula is C25H21NO6. The van der Waals surface area contributed by atoms with Gasteiger partial charge in [0.2, 0.25) is 0 Å². The molecular weight excluding hydrogens is 410 g/mol. The van der Waals surface area contributed by atoms with E-state index < -0.39 is 11.9 Å². The number of allylic oxidation sites excluding steroid dienone is 1. The summed E-state index contributed by atoms with van der Waals surface area (Å²) in [6.07, 6.45) is 5.12. The Kier molecular flexibility index (Phi) is 7.13. The Morgan fingerprint density at radius 3 is 2.09 bits per heavy atom. The summed E-state index contributed by atoms with van der Waals surface area (Å²) >= 11 is 0. The molecule has 0 aliphatic heterocycles. The van der Waals surface area contributed by atoms with E-state index in [4.69, 9.17) is 14.6 Å². The Morgan fingerprint density at radius 1 is 0.906 bits per heavy atom. The summed E-state index contributed by atoms with van der Waals surface area (Å²) in [7, 11) is 0. The second-order valence-electron chi connectivity index (χ2n) is 7.12. The Balaban J connectivity index is 1.55. The first kappa shape index (κ1) is 22.4. The molecule has 0 bridgehead atoms. The third kappa shape index (κ3) is 5.89. The van der Waals surface area contributed by atoms with E-state index in [-0.39, 0.29) is 22.8 Å². The lowest BCUT2D eigenvalue weighted by Gasteiger charge is -2.03. The van der Waals surface area contributed by atoms with Gasteiger partial charge in [0.05, 0.1) is 16.8 Å². The molecule has 0 saturated carbocycles. The first-order chi connectivity index (χ1) is 15.3. The molecule has 3 aromatic rings. The lowest BCUT2D eigenvalue weighted by atomic mass is 10.0. The van der Waals surface area contributed by atoms with Crippen LogP contribution in [-0.4, -0.2) is 34.1 Å². The molecule has 0 spiro atoms. The van der Waals surface area contributed by atoms with Crippen molar-refractivity contribution in [1.29, 1.82) is 0 Å². The molecule has 7 nitrogen and oxygen atoms in total. The smallest absolute Gasteiger partial charge is 0.335 e. The molecule has 0 saturated heterocycles. The fourth-order valence-corrected chi connectivity index (χ4v) is 2.83. The van der Waals surface area contributed by atoms with Crippen LogP contribution in [0.15, 0.2) is 76.1 Å². The van der Waals surface area contributed by atoms with Crippen molar-refractivity contribution in [2.75, 3.05) is 0 Å². The number of hydrogen-bond donors (Lipinski definition) is 2. The van der Waals surface area contributed by atoms with Crippen molar-refractivity contribution in [2.24, 2.45) is 10.9 Å². The molecule has 0 aliphatic carbocycles.